The van der Waals surface area contributed by atoms with Gasteiger partial charge in [0.1, 0.15) is 0 Å². The van der Waals surface area contributed by atoms with Gasteiger partial charge in [0.05, 0.1) is 0 Å². The number of hydrogen-bond acceptors (Lipinski definition) is 2. The molecule has 1 amide bonds. The zero-order valence-corrected chi connectivity index (χ0v) is 16.2. The monoisotopic (exact) mass is 382 g/mol. The summed E-state index contributed by atoms with van der Waals surface area (Å²) in [5.74, 6) is 0.542. The Balaban J connectivity index is 0.00000182. The number of carbonyl (C=O) groups excluding carboxylic acids is 1. The number of hydrogen-bond donors (Lipinski definition) is 2. The van der Waals surface area contributed by atoms with Gasteiger partial charge in [0.15, 0.2) is 0 Å². The highest BCUT2D eigenvalue weighted by molar-refractivity contribution is 6.30. The maximum atomic E-state index is 12.7. The topological polar surface area (TPSA) is 41.1 Å². The summed E-state index contributed by atoms with van der Waals surface area (Å²) in [6.45, 7) is 2.91. The number of carbonyl (C=O) groups is 1. The summed E-state index contributed by atoms with van der Waals surface area (Å²) in [5, 5.41) is 7.51. The largest absolute Gasteiger partial charge is 0.355 e. The third-order valence-corrected chi connectivity index (χ3v) is 6.98. The standard InChI is InChI=1S/C20H27ClN2O.ClH/c21-16-5-3-15(4-6-16)20(7-1-2-8-20)14-23-18(24)17-13-19(17)9-11-22-12-10-19;/h3-6,17,22H,1-2,7-14H2,(H,23,24);1H. The Morgan fingerprint density at radius 1 is 1.12 bits per heavy atom. The fourth-order valence-electron chi connectivity index (χ4n) is 5.00. The fourth-order valence-corrected chi connectivity index (χ4v) is 5.12. The molecule has 5 heteroatoms. The summed E-state index contributed by atoms with van der Waals surface area (Å²) in [4.78, 5) is 12.7. The van der Waals surface area contributed by atoms with Crippen molar-refractivity contribution in [2.24, 2.45) is 11.3 Å². The maximum Gasteiger partial charge on any atom is 0.223 e. The van der Waals surface area contributed by atoms with Gasteiger partial charge in [-0.3, -0.25) is 4.79 Å². The zero-order chi connectivity index (χ0) is 16.6. The summed E-state index contributed by atoms with van der Waals surface area (Å²) in [7, 11) is 0. The maximum absolute atomic E-state index is 12.7. The quantitative estimate of drug-likeness (QED) is 0.823. The Morgan fingerprint density at radius 2 is 1.76 bits per heavy atom. The molecule has 2 aliphatic carbocycles. The minimum atomic E-state index is 0. The van der Waals surface area contributed by atoms with Crippen LogP contribution in [0.25, 0.3) is 0 Å². The molecule has 1 heterocycles. The molecule has 1 atom stereocenters. The average Bonchev–Trinajstić information content (AvgIpc) is 3.07. The summed E-state index contributed by atoms with van der Waals surface area (Å²) < 4.78 is 0. The lowest BCUT2D eigenvalue weighted by Gasteiger charge is -2.30. The van der Waals surface area contributed by atoms with Crippen LogP contribution in [0.15, 0.2) is 24.3 Å². The highest BCUT2D eigenvalue weighted by Crippen LogP contribution is 2.58. The number of halogens is 2. The predicted octanol–water partition coefficient (Wildman–Crippen LogP) is 4.08. The molecule has 1 unspecified atom stereocenters. The van der Waals surface area contributed by atoms with E-state index in [1.165, 1.54) is 18.4 Å². The van der Waals surface area contributed by atoms with Crippen LogP contribution in [0.5, 0.6) is 0 Å². The van der Waals surface area contributed by atoms with Gasteiger partial charge in [-0.15, -0.1) is 12.4 Å². The van der Waals surface area contributed by atoms with Gasteiger partial charge in [0.25, 0.3) is 0 Å². The molecule has 2 saturated carbocycles. The van der Waals surface area contributed by atoms with E-state index in [4.69, 9.17) is 11.6 Å². The molecule has 0 aromatic heterocycles. The van der Waals surface area contributed by atoms with Gasteiger partial charge in [-0.1, -0.05) is 36.6 Å². The normalized spacial score (nSPS) is 26.0. The Morgan fingerprint density at radius 3 is 2.40 bits per heavy atom. The second-order valence-corrected chi connectivity index (χ2v) is 8.52. The van der Waals surface area contributed by atoms with Crippen molar-refractivity contribution >= 4 is 29.9 Å². The molecule has 3 fully saturated rings. The molecule has 1 saturated heterocycles. The first-order valence-corrected chi connectivity index (χ1v) is 9.76. The van der Waals surface area contributed by atoms with E-state index in [1.54, 1.807) is 0 Å². The lowest BCUT2D eigenvalue weighted by atomic mass is 9.78. The van der Waals surface area contributed by atoms with Crippen LogP contribution >= 0.6 is 24.0 Å². The van der Waals surface area contributed by atoms with Gasteiger partial charge in [-0.25, -0.2) is 0 Å². The first kappa shape index (κ1) is 19.0. The van der Waals surface area contributed by atoms with Crippen LogP contribution in [0.3, 0.4) is 0 Å². The SMILES string of the molecule is Cl.O=C(NCC1(c2ccc(Cl)cc2)CCCC1)C1CC12CCNCC2. The van der Waals surface area contributed by atoms with Gasteiger partial charge >= 0.3 is 0 Å². The molecule has 0 bridgehead atoms. The number of amides is 1. The molecule has 1 aromatic rings. The molecule has 3 aliphatic rings. The van der Waals surface area contributed by atoms with Crippen LogP contribution in [0.1, 0.15) is 50.5 Å². The molecule has 3 nitrogen and oxygen atoms in total. The Kier molecular flexibility index (Phi) is 5.67. The number of rotatable bonds is 4. The van der Waals surface area contributed by atoms with Crippen molar-refractivity contribution in [2.45, 2.75) is 50.4 Å². The summed E-state index contributed by atoms with van der Waals surface area (Å²) in [6.07, 6.45) is 8.23. The average molecular weight is 383 g/mol. The fraction of sp³-hybridized carbons (Fsp3) is 0.650. The molecule has 25 heavy (non-hydrogen) atoms. The Hall–Kier alpha value is -0.770. The summed E-state index contributed by atoms with van der Waals surface area (Å²) >= 11 is 6.05. The Labute approximate surface area is 161 Å². The van der Waals surface area contributed by atoms with Crippen molar-refractivity contribution in [3.05, 3.63) is 34.9 Å². The molecule has 1 aliphatic heterocycles. The van der Waals surface area contributed by atoms with Crippen molar-refractivity contribution in [1.29, 1.82) is 0 Å². The molecule has 1 spiro atoms. The van der Waals surface area contributed by atoms with E-state index >= 15 is 0 Å². The van der Waals surface area contributed by atoms with Crippen molar-refractivity contribution < 1.29 is 4.79 Å². The molecule has 138 valence electrons. The molecule has 0 radical (unpaired) electrons. The lowest BCUT2D eigenvalue weighted by molar-refractivity contribution is -0.123. The number of nitrogens with one attached hydrogen (secondary N) is 2. The third kappa shape index (κ3) is 3.70. The van der Waals surface area contributed by atoms with Crippen molar-refractivity contribution in [3.63, 3.8) is 0 Å². The Bertz CT molecular complexity index is 605. The van der Waals surface area contributed by atoms with E-state index in [1.807, 2.05) is 12.1 Å². The minimum Gasteiger partial charge on any atom is -0.355 e. The number of piperidine rings is 1. The van der Waals surface area contributed by atoms with Crippen LogP contribution in [0.2, 0.25) is 5.02 Å². The summed E-state index contributed by atoms with van der Waals surface area (Å²) in [5.41, 5.74) is 1.76. The van der Waals surface area contributed by atoms with E-state index < -0.39 is 0 Å². The van der Waals surface area contributed by atoms with Gasteiger partial charge in [0, 0.05) is 22.9 Å². The minimum absolute atomic E-state index is 0. The van der Waals surface area contributed by atoms with Crippen LogP contribution in [0, 0.1) is 11.3 Å². The second-order valence-electron chi connectivity index (χ2n) is 8.08. The van der Waals surface area contributed by atoms with Crippen LogP contribution < -0.4 is 10.6 Å². The van der Waals surface area contributed by atoms with Crippen molar-refractivity contribution in [3.8, 4) is 0 Å². The van der Waals surface area contributed by atoms with Gasteiger partial charge in [0.2, 0.25) is 5.91 Å². The molecule has 2 N–H and O–H groups in total. The summed E-state index contributed by atoms with van der Waals surface area (Å²) in [6, 6.07) is 8.24. The lowest BCUT2D eigenvalue weighted by Crippen LogP contribution is -2.41. The third-order valence-electron chi connectivity index (χ3n) is 6.72. The zero-order valence-electron chi connectivity index (χ0n) is 14.7. The van der Waals surface area contributed by atoms with E-state index in [9.17, 15) is 4.79 Å². The molecule has 1 aromatic carbocycles. The predicted molar refractivity (Wildman–Crippen MR) is 104 cm³/mol. The van der Waals surface area contributed by atoms with E-state index in [-0.39, 0.29) is 29.6 Å². The van der Waals surface area contributed by atoms with Crippen LogP contribution in [-0.2, 0) is 10.2 Å². The highest BCUT2D eigenvalue weighted by Gasteiger charge is 2.57. The molecule has 4 rings (SSSR count). The first-order valence-electron chi connectivity index (χ1n) is 9.38. The number of benzene rings is 1. The smallest absolute Gasteiger partial charge is 0.223 e. The first-order chi connectivity index (χ1) is 11.6. The van der Waals surface area contributed by atoms with Crippen molar-refractivity contribution in [1.82, 2.24) is 10.6 Å². The van der Waals surface area contributed by atoms with Crippen molar-refractivity contribution in [2.75, 3.05) is 19.6 Å². The van der Waals surface area contributed by atoms with E-state index in [2.05, 4.69) is 22.8 Å². The molecular weight excluding hydrogens is 355 g/mol. The van der Waals surface area contributed by atoms with Crippen LogP contribution in [-0.4, -0.2) is 25.5 Å². The van der Waals surface area contributed by atoms with Gasteiger partial charge in [-0.2, -0.15) is 0 Å². The van der Waals surface area contributed by atoms with Gasteiger partial charge < -0.3 is 10.6 Å². The second kappa shape index (κ2) is 7.46. The molecular formula is C20H28Cl2N2O. The van der Waals surface area contributed by atoms with E-state index in [0.29, 0.717) is 5.41 Å². The van der Waals surface area contributed by atoms with Crippen LogP contribution in [0.4, 0.5) is 0 Å². The van der Waals surface area contributed by atoms with Gasteiger partial charge in [-0.05, 0) is 68.3 Å². The highest BCUT2D eigenvalue weighted by atomic mass is 35.5. The van der Waals surface area contributed by atoms with E-state index in [0.717, 1.165) is 56.8 Å².